The number of rotatable bonds is 5. The van der Waals surface area contributed by atoms with Crippen LogP contribution in [0.4, 0.5) is 0 Å². The molecule has 0 spiro atoms. The molecule has 1 aromatic heterocycles. The van der Waals surface area contributed by atoms with E-state index >= 15 is 0 Å². The molecule has 0 bridgehead atoms. The molecule has 0 saturated carbocycles. The lowest BCUT2D eigenvalue weighted by atomic mass is 9.74. The van der Waals surface area contributed by atoms with E-state index in [9.17, 15) is 4.79 Å². The Morgan fingerprint density at radius 1 is 1.43 bits per heavy atom. The van der Waals surface area contributed by atoms with Crippen LogP contribution in [0.25, 0.3) is 0 Å². The fourth-order valence-corrected chi connectivity index (χ4v) is 3.45. The van der Waals surface area contributed by atoms with E-state index in [0.717, 1.165) is 32.5 Å². The summed E-state index contributed by atoms with van der Waals surface area (Å²) < 4.78 is 2.23. The van der Waals surface area contributed by atoms with Gasteiger partial charge in [-0.25, -0.2) is 0 Å². The third-order valence-electron chi connectivity index (χ3n) is 4.61. The van der Waals surface area contributed by atoms with Crippen molar-refractivity contribution in [3.8, 4) is 0 Å². The van der Waals surface area contributed by atoms with Gasteiger partial charge in [0.2, 0.25) is 5.91 Å². The first-order valence-electron chi connectivity index (χ1n) is 8.09. The maximum atomic E-state index is 12.1. The maximum absolute atomic E-state index is 12.1. The first kappa shape index (κ1) is 16.1. The molecule has 1 heterocycles. The van der Waals surface area contributed by atoms with Gasteiger partial charge in [0.05, 0.1) is 0 Å². The Hall–Kier alpha value is -1.29. The Bertz CT molecular complexity index is 500. The molecule has 2 N–H and O–H groups in total. The van der Waals surface area contributed by atoms with Crippen LogP contribution in [0.2, 0.25) is 0 Å². The van der Waals surface area contributed by atoms with Crippen LogP contribution in [0.5, 0.6) is 0 Å². The van der Waals surface area contributed by atoms with Crippen molar-refractivity contribution in [3.63, 3.8) is 0 Å². The van der Waals surface area contributed by atoms with E-state index in [1.54, 1.807) is 0 Å². The summed E-state index contributed by atoms with van der Waals surface area (Å²) in [7, 11) is 0. The van der Waals surface area contributed by atoms with Crippen LogP contribution < -0.4 is 5.73 Å². The molecule has 1 aliphatic carbocycles. The van der Waals surface area contributed by atoms with Crippen LogP contribution in [0.1, 0.15) is 57.8 Å². The molecule has 4 nitrogen and oxygen atoms in total. The average Bonchev–Trinajstić information content (AvgIpc) is 2.79. The number of nitrogens with zero attached hydrogens (tertiary/aromatic N) is 2. The minimum Gasteiger partial charge on any atom is -0.351 e. The van der Waals surface area contributed by atoms with E-state index in [1.165, 1.54) is 11.3 Å². The van der Waals surface area contributed by atoms with Gasteiger partial charge in [-0.15, -0.1) is 0 Å². The largest absolute Gasteiger partial charge is 0.351 e. The summed E-state index contributed by atoms with van der Waals surface area (Å²) >= 11 is 0. The number of nitrogens with two attached hydrogens (primary N) is 1. The van der Waals surface area contributed by atoms with Crippen molar-refractivity contribution in [1.29, 1.82) is 0 Å². The van der Waals surface area contributed by atoms with Crippen molar-refractivity contribution >= 4 is 5.91 Å². The van der Waals surface area contributed by atoms with Gasteiger partial charge in [0.15, 0.2) is 0 Å². The summed E-state index contributed by atoms with van der Waals surface area (Å²) in [6, 6.07) is 2.26. The number of aromatic nitrogens is 1. The lowest BCUT2D eigenvalue weighted by Crippen LogP contribution is -2.32. The first-order chi connectivity index (χ1) is 9.88. The Balaban J connectivity index is 2.08. The van der Waals surface area contributed by atoms with Crippen LogP contribution in [-0.4, -0.2) is 28.5 Å². The predicted molar refractivity (Wildman–Crippen MR) is 86.0 cm³/mol. The predicted octanol–water partition coefficient (Wildman–Crippen LogP) is 2.72. The molecule has 1 aliphatic rings. The SMILES string of the molecule is CCN(CC)C(=O)CCn1ccc2c1CC(C)(C)CC2N. The highest BCUT2D eigenvalue weighted by Gasteiger charge is 2.32. The quantitative estimate of drug-likeness (QED) is 0.907. The first-order valence-corrected chi connectivity index (χ1v) is 8.09. The Kier molecular flexibility index (Phi) is 4.77. The van der Waals surface area contributed by atoms with Crippen LogP contribution in [0, 0.1) is 5.41 Å². The average molecular weight is 291 g/mol. The van der Waals surface area contributed by atoms with Crippen molar-refractivity contribution < 1.29 is 4.79 Å². The number of amides is 1. The second kappa shape index (κ2) is 6.22. The summed E-state index contributed by atoms with van der Waals surface area (Å²) in [6.45, 7) is 10.9. The van der Waals surface area contributed by atoms with Crippen molar-refractivity contribution in [2.45, 2.75) is 59.5 Å². The summed E-state index contributed by atoms with van der Waals surface area (Å²) in [4.78, 5) is 14.0. The Labute approximate surface area is 128 Å². The second-order valence-corrected chi connectivity index (χ2v) is 6.88. The third-order valence-corrected chi connectivity index (χ3v) is 4.61. The molecule has 0 saturated heterocycles. The maximum Gasteiger partial charge on any atom is 0.224 e. The number of hydrogen-bond acceptors (Lipinski definition) is 2. The van der Waals surface area contributed by atoms with Gasteiger partial charge in [-0.1, -0.05) is 13.8 Å². The van der Waals surface area contributed by atoms with Gasteiger partial charge in [0.1, 0.15) is 0 Å². The van der Waals surface area contributed by atoms with Gasteiger partial charge < -0.3 is 15.2 Å². The van der Waals surface area contributed by atoms with Gasteiger partial charge in [-0.2, -0.15) is 0 Å². The van der Waals surface area contributed by atoms with Gasteiger partial charge in [0, 0.05) is 44.0 Å². The Morgan fingerprint density at radius 3 is 2.71 bits per heavy atom. The highest BCUT2D eigenvalue weighted by molar-refractivity contribution is 5.76. The topological polar surface area (TPSA) is 51.3 Å². The number of carbonyl (C=O) groups is 1. The lowest BCUT2D eigenvalue weighted by molar-refractivity contribution is -0.131. The zero-order valence-electron chi connectivity index (χ0n) is 13.9. The molecular weight excluding hydrogens is 262 g/mol. The van der Waals surface area contributed by atoms with Crippen molar-refractivity contribution in [2.75, 3.05) is 13.1 Å². The van der Waals surface area contributed by atoms with Crippen molar-refractivity contribution in [1.82, 2.24) is 9.47 Å². The molecule has 21 heavy (non-hydrogen) atoms. The molecule has 0 aliphatic heterocycles. The molecule has 1 unspecified atom stereocenters. The van der Waals surface area contributed by atoms with Crippen LogP contribution >= 0.6 is 0 Å². The van der Waals surface area contributed by atoms with E-state index in [0.29, 0.717) is 6.42 Å². The second-order valence-electron chi connectivity index (χ2n) is 6.88. The molecule has 1 aromatic rings. The zero-order chi connectivity index (χ0) is 15.6. The normalized spacial score (nSPS) is 20.1. The number of carbonyl (C=O) groups excluding carboxylic acids is 1. The summed E-state index contributed by atoms with van der Waals surface area (Å²) in [5, 5.41) is 0. The van der Waals surface area contributed by atoms with Crippen LogP contribution in [-0.2, 0) is 17.8 Å². The van der Waals surface area contributed by atoms with E-state index in [-0.39, 0.29) is 17.4 Å². The number of aryl methyl sites for hydroxylation is 1. The fraction of sp³-hybridized carbons (Fsp3) is 0.706. The lowest BCUT2D eigenvalue weighted by Gasteiger charge is -2.34. The monoisotopic (exact) mass is 291 g/mol. The minimum absolute atomic E-state index is 0.128. The van der Waals surface area contributed by atoms with E-state index in [2.05, 4.69) is 30.7 Å². The molecule has 0 fully saturated rings. The third kappa shape index (κ3) is 3.49. The van der Waals surface area contributed by atoms with Gasteiger partial charge in [-0.3, -0.25) is 4.79 Å². The highest BCUT2D eigenvalue weighted by atomic mass is 16.2. The van der Waals surface area contributed by atoms with Crippen LogP contribution in [0.15, 0.2) is 12.3 Å². The smallest absolute Gasteiger partial charge is 0.224 e. The van der Waals surface area contributed by atoms with Gasteiger partial charge in [0.25, 0.3) is 0 Å². The number of hydrogen-bond donors (Lipinski definition) is 1. The Morgan fingerprint density at radius 2 is 2.10 bits per heavy atom. The summed E-state index contributed by atoms with van der Waals surface area (Å²) in [5.41, 5.74) is 9.13. The molecule has 0 aromatic carbocycles. The van der Waals surface area contributed by atoms with E-state index in [4.69, 9.17) is 5.73 Å². The fourth-order valence-electron chi connectivity index (χ4n) is 3.45. The van der Waals surface area contributed by atoms with E-state index in [1.807, 2.05) is 18.7 Å². The standard InChI is InChI=1S/C17H29N3O/c1-5-19(6-2)16(21)8-10-20-9-7-13-14(18)11-17(3,4)12-15(13)20/h7,9,14H,5-6,8,10-12,18H2,1-4H3. The van der Waals surface area contributed by atoms with Crippen molar-refractivity contribution in [2.24, 2.45) is 11.1 Å². The summed E-state index contributed by atoms with van der Waals surface area (Å²) in [6.07, 6.45) is 4.74. The van der Waals surface area contributed by atoms with E-state index < -0.39 is 0 Å². The molecular formula is C17H29N3O. The molecule has 1 amide bonds. The minimum atomic E-state index is 0.128. The molecule has 0 radical (unpaired) electrons. The number of fused-ring (bicyclic) bond motifs is 1. The molecule has 4 heteroatoms. The highest BCUT2D eigenvalue weighted by Crippen LogP contribution is 2.39. The van der Waals surface area contributed by atoms with Crippen molar-refractivity contribution in [3.05, 3.63) is 23.5 Å². The van der Waals surface area contributed by atoms with Gasteiger partial charge in [-0.05, 0) is 43.7 Å². The van der Waals surface area contributed by atoms with Crippen LogP contribution in [0.3, 0.4) is 0 Å². The molecule has 118 valence electrons. The molecule has 2 rings (SSSR count). The van der Waals surface area contributed by atoms with Gasteiger partial charge >= 0.3 is 0 Å². The summed E-state index contributed by atoms with van der Waals surface area (Å²) in [5.74, 6) is 0.238. The zero-order valence-corrected chi connectivity index (χ0v) is 13.9. The molecule has 1 atom stereocenters.